The number of nitrogens with one attached hydrogen (secondary N) is 2. The molecule has 0 aliphatic carbocycles. The van der Waals surface area contributed by atoms with E-state index in [1.54, 1.807) is 0 Å². The van der Waals surface area contributed by atoms with Gasteiger partial charge in [0.15, 0.2) is 15.8 Å². The number of sulfone groups is 1. The molecule has 7 nitrogen and oxygen atoms in total. The van der Waals surface area contributed by atoms with E-state index in [1.165, 1.54) is 19.4 Å². The van der Waals surface area contributed by atoms with Crippen molar-refractivity contribution in [2.75, 3.05) is 63.9 Å². The fraction of sp³-hybridized carbons (Fsp3) is 0.938. The summed E-state index contributed by atoms with van der Waals surface area (Å²) in [5.41, 5.74) is 0. The van der Waals surface area contributed by atoms with Crippen LogP contribution < -0.4 is 10.6 Å². The summed E-state index contributed by atoms with van der Waals surface area (Å²) in [4.78, 5) is 9.44. The molecule has 0 saturated carbocycles. The number of likely N-dealkylation sites (N-methyl/N-ethyl adjacent to an activating group) is 1. The zero-order chi connectivity index (χ0) is 17.4. The fourth-order valence-electron chi connectivity index (χ4n) is 3.36. The molecule has 2 aliphatic rings. The van der Waals surface area contributed by atoms with Crippen molar-refractivity contribution in [2.24, 2.45) is 4.99 Å². The zero-order valence-electron chi connectivity index (χ0n) is 15.1. The SMILES string of the molecule is CCNC(=NCC1CCCN1CC)NCCN1CCS(=O)(=O)CC1. The molecule has 0 radical (unpaired) electrons. The smallest absolute Gasteiger partial charge is 0.191 e. The van der Waals surface area contributed by atoms with Crippen molar-refractivity contribution in [1.82, 2.24) is 20.4 Å². The molecule has 2 rings (SSSR count). The van der Waals surface area contributed by atoms with E-state index >= 15 is 0 Å². The Morgan fingerprint density at radius 3 is 2.58 bits per heavy atom. The minimum absolute atomic E-state index is 0.287. The molecule has 2 saturated heterocycles. The summed E-state index contributed by atoms with van der Waals surface area (Å²) in [7, 11) is -2.79. The second-order valence-electron chi connectivity index (χ2n) is 6.56. The molecule has 1 atom stereocenters. The maximum Gasteiger partial charge on any atom is 0.191 e. The van der Waals surface area contributed by atoms with Crippen molar-refractivity contribution in [3.05, 3.63) is 0 Å². The number of aliphatic imine (C=N–C) groups is 1. The predicted octanol–water partition coefficient (Wildman–Crippen LogP) is -0.244. The van der Waals surface area contributed by atoms with Crippen molar-refractivity contribution in [2.45, 2.75) is 32.7 Å². The highest BCUT2D eigenvalue weighted by molar-refractivity contribution is 7.91. The maximum atomic E-state index is 11.5. The van der Waals surface area contributed by atoms with Gasteiger partial charge >= 0.3 is 0 Å². The Kier molecular flexibility index (Phi) is 7.77. The standard InChI is InChI=1S/C16H33N5O2S/c1-3-17-16(19-14-15-6-5-8-21(15)4-2)18-7-9-20-10-12-24(22,23)13-11-20/h15H,3-14H2,1-2H3,(H2,17,18,19). The molecule has 0 aromatic rings. The van der Waals surface area contributed by atoms with Crippen LogP contribution in [0.1, 0.15) is 26.7 Å². The summed E-state index contributed by atoms with van der Waals surface area (Å²) < 4.78 is 22.9. The molecule has 0 spiro atoms. The molecule has 0 bridgehead atoms. The number of likely N-dealkylation sites (tertiary alicyclic amines) is 1. The van der Waals surface area contributed by atoms with Gasteiger partial charge in [0.05, 0.1) is 18.1 Å². The van der Waals surface area contributed by atoms with Crippen molar-refractivity contribution < 1.29 is 8.42 Å². The number of nitrogens with zero attached hydrogens (tertiary/aromatic N) is 3. The molecule has 1 unspecified atom stereocenters. The Morgan fingerprint density at radius 2 is 1.92 bits per heavy atom. The second kappa shape index (κ2) is 9.58. The van der Waals surface area contributed by atoms with Gasteiger partial charge in [-0.1, -0.05) is 6.92 Å². The topological polar surface area (TPSA) is 77.0 Å². The molecule has 2 N–H and O–H groups in total. The lowest BCUT2D eigenvalue weighted by Crippen LogP contribution is -2.46. The average molecular weight is 360 g/mol. The van der Waals surface area contributed by atoms with Crippen LogP contribution in [0.4, 0.5) is 0 Å². The van der Waals surface area contributed by atoms with E-state index in [1.807, 2.05) is 0 Å². The molecule has 8 heteroatoms. The van der Waals surface area contributed by atoms with E-state index in [0.717, 1.165) is 38.7 Å². The van der Waals surface area contributed by atoms with Crippen molar-refractivity contribution >= 4 is 15.8 Å². The van der Waals surface area contributed by atoms with Crippen LogP contribution in [0.15, 0.2) is 4.99 Å². The van der Waals surface area contributed by atoms with Gasteiger partial charge in [-0.15, -0.1) is 0 Å². The van der Waals surface area contributed by atoms with Crippen molar-refractivity contribution in [3.8, 4) is 0 Å². The van der Waals surface area contributed by atoms with Gasteiger partial charge in [0.2, 0.25) is 0 Å². The third-order valence-electron chi connectivity index (χ3n) is 4.87. The number of guanidine groups is 1. The van der Waals surface area contributed by atoms with E-state index in [9.17, 15) is 8.42 Å². The van der Waals surface area contributed by atoms with Gasteiger partial charge in [0.1, 0.15) is 0 Å². The lowest BCUT2D eigenvalue weighted by molar-refractivity contribution is 0.272. The van der Waals surface area contributed by atoms with Crippen LogP contribution in [0, 0.1) is 0 Å². The molecular formula is C16H33N5O2S. The van der Waals surface area contributed by atoms with Gasteiger partial charge in [-0.25, -0.2) is 8.42 Å². The fourth-order valence-corrected chi connectivity index (χ4v) is 4.64. The molecule has 2 heterocycles. The Bertz CT molecular complexity index is 495. The summed E-state index contributed by atoms with van der Waals surface area (Å²) in [6, 6.07) is 0.567. The van der Waals surface area contributed by atoms with Gasteiger partial charge in [0, 0.05) is 38.8 Å². The first-order chi connectivity index (χ1) is 11.5. The lowest BCUT2D eigenvalue weighted by Gasteiger charge is -2.26. The van der Waals surface area contributed by atoms with E-state index in [4.69, 9.17) is 4.99 Å². The van der Waals surface area contributed by atoms with Crippen LogP contribution in [0.3, 0.4) is 0 Å². The molecule has 0 aromatic carbocycles. The average Bonchev–Trinajstić information content (AvgIpc) is 3.01. The molecule has 0 aromatic heterocycles. The summed E-state index contributed by atoms with van der Waals surface area (Å²) >= 11 is 0. The van der Waals surface area contributed by atoms with Crippen LogP contribution in [0.5, 0.6) is 0 Å². The number of hydrogen-bond donors (Lipinski definition) is 2. The first kappa shape index (κ1) is 19.5. The minimum atomic E-state index is -2.79. The largest absolute Gasteiger partial charge is 0.357 e. The normalized spacial score (nSPS) is 25.8. The predicted molar refractivity (Wildman–Crippen MR) is 99.3 cm³/mol. The first-order valence-electron chi connectivity index (χ1n) is 9.23. The molecule has 2 fully saturated rings. The Morgan fingerprint density at radius 1 is 1.17 bits per heavy atom. The van der Waals surface area contributed by atoms with Gasteiger partial charge in [0.25, 0.3) is 0 Å². The quantitative estimate of drug-likeness (QED) is 0.482. The lowest BCUT2D eigenvalue weighted by atomic mass is 10.2. The van der Waals surface area contributed by atoms with Crippen LogP contribution in [-0.4, -0.2) is 94.1 Å². The monoisotopic (exact) mass is 359 g/mol. The summed E-state index contributed by atoms with van der Waals surface area (Å²) in [5, 5.41) is 6.67. The third-order valence-corrected chi connectivity index (χ3v) is 6.48. The highest BCUT2D eigenvalue weighted by atomic mass is 32.2. The Labute approximate surface area is 146 Å². The minimum Gasteiger partial charge on any atom is -0.357 e. The van der Waals surface area contributed by atoms with Crippen molar-refractivity contribution in [3.63, 3.8) is 0 Å². The van der Waals surface area contributed by atoms with Gasteiger partial charge < -0.3 is 10.6 Å². The van der Waals surface area contributed by atoms with Gasteiger partial charge in [-0.3, -0.25) is 14.8 Å². The van der Waals surface area contributed by atoms with Gasteiger partial charge in [-0.05, 0) is 32.9 Å². The second-order valence-corrected chi connectivity index (χ2v) is 8.87. The van der Waals surface area contributed by atoms with E-state index in [-0.39, 0.29) is 11.5 Å². The van der Waals surface area contributed by atoms with Crippen LogP contribution in [-0.2, 0) is 9.84 Å². The number of hydrogen-bond acceptors (Lipinski definition) is 5. The molecule has 0 amide bonds. The van der Waals surface area contributed by atoms with E-state index < -0.39 is 9.84 Å². The maximum absolute atomic E-state index is 11.5. The molecule has 140 valence electrons. The van der Waals surface area contributed by atoms with Crippen LogP contribution in [0.2, 0.25) is 0 Å². The highest BCUT2D eigenvalue weighted by Gasteiger charge is 2.23. The van der Waals surface area contributed by atoms with E-state index in [2.05, 4.69) is 34.3 Å². The Balaban J connectivity index is 1.73. The third kappa shape index (κ3) is 6.22. The van der Waals surface area contributed by atoms with E-state index in [0.29, 0.717) is 19.1 Å². The van der Waals surface area contributed by atoms with Crippen LogP contribution >= 0.6 is 0 Å². The van der Waals surface area contributed by atoms with Crippen LogP contribution in [0.25, 0.3) is 0 Å². The summed E-state index contributed by atoms with van der Waals surface area (Å²) in [5.74, 6) is 1.44. The molecular weight excluding hydrogens is 326 g/mol. The number of rotatable bonds is 7. The zero-order valence-corrected chi connectivity index (χ0v) is 15.9. The molecule has 24 heavy (non-hydrogen) atoms. The Hall–Kier alpha value is -0.860. The first-order valence-corrected chi connectivity index (χ1v) is 11.0. The molecule has 2 aliphatic heterocycles. The highest BCUT2D eigenvalue weighted by Crippen LogP contribution is 2.16. The summed E-state index contributed by atoms with van der Waals surface area (Å²) in [6.45, 7) is 11.2. The summed E-state index contributed by atoms with van der Waals surface area (Å²) in [6.07, 6.45) is 2.51. The van der Waals surface area contributed by atoms with Gasteiger partial charge in [-0.2, -0.15) is 0 Å². The van der Waals surface area contributed by atoms with Crippen molar-refractivity contribution in [1.29, 1.82) is 0 Å².